The van der Waals surface area contributed by atoms with Crippen LogP contribution in [-0.4, -0.2) is 22.5 Å². The number of nitro groups is 1. The summed E-state index contributed by atoms with van der Waals surface area (Å²) in [5, 5.41) is 25.5. The molecule has 20 heavy (non-hydrogen) atoms. The molecule has 0 atom stereocenters. The van der Waals surface area contributed by atoms with Crippen LogP contribution >= 0.6 is 0 Å². The van der Waals surface area contributed by atoms with Gasteiger partial charge in [0, 0.05) is 31.6 Å². The Morgan fingerprint density at radius 1 is 1.45 bits per heavy atom. The van der Waals surface area contributed by atoms with Crippen LogP contribution in [-0.2, 0) is 6.54 Å². The van der Waals surface area contributed by atoms with Crippen LogP contribution in [0.15, 0.2) is 29.4 Å². The highest BCUT2D eigenvalue weighted by Gasteiger charge is 2.42. The summed E-state index contributed by atoms with van der Waals surface area (Å²) in [7, 11) is 0. The minimum Gasteiger partial charge on any atom is -0.409 e. The van der Waals surface area contributed by atoms with Gasteiger partial charge < -0.3 is 16.3 Å². The Morgan fingerprint density at radius 2 is 2.10 bits per heavy atom. The fraction of sp³-hybridized carbons (Fsp3) is 0.462. The molecule has 4 N–H and O–H groups in total. The average Bonchev–Trinajstić information content (AvgIpc) is 3.19. The summed E-state index contributed by atoms with van der Waals surface area (Å²) in [6, 6.07) is 6.49. The lowest BCUT2D eigenvalue weighted by Gasteiger charge is -2.15. The number of nitro benzene ring substituents is 1. The third kappa shape index (κ3) is 3.67. The Hall–Kier alpha value is -2.15. The third-order valence-electron chi connectivity index (χ3n) is 3.62. The van der Waals surface area contributed by atoms with E-state index < -0.39 is 4.92 Å². The van der Waals surface area contributed by atoms with E-state index in [2.05, 4.69) is 10.5 Å². The Labute approximate surface area is 116 Å². The molecule has 0 bridgehead atoms. The molecule has 1 fully saturated rings. The average molecular weight is 278 g/mol. The van der Waals surface area contributed by atoms with E-state index in [9.17, 15) is 10.1 Å². The van der Waals surface area contributed by atoms with Crippen LogP contribution in [0.25, 0.3) is 0 Å². The molecule has 7 heteroatoms. The first-order valence-corrected chi connectivity index (χ1v) is 6.45. The molecule has 0 saturated heterocycles. The van der Waals surface area contributed by atoms with Crippen molar-refractivity contribution in [3.05, 3.63) is 39.9 Å². The number of nitrogens with one attached hydrogen (secondary N) is 1. The van der Waals surface area contributed by atoms with Crippen LogP contribution in [0.3, 0.4) is 0 Å². The number of nitrogens with zero attached hydrogens (tertiary/aromatic N) is 2. The monoisotopic (exact) mass is 278 g/mol. The lowest BCUT2D eigenvalue weighted by Crippen LogP contribution is -2.28. The SMILES string of the molecule is NC(CC1(CNCc2ccc([N+](=O)[O-])cc2)CC1)=NO. The molecule has 0 amide bonds. The largest absolute Gasteiger partial charge is 0.409 e. The van der Waals surface area contributed by atoms with Crippen molar-refractivity contribution in [1.29, 1.82) is 0 Å². The summed E-state index contributed by atoms with van der Waals surface area (Å²) in [4.78, 5) is 10.1. The van der Waals surface area contributed by atoms with E-state index in [1.54, 1.807) is 12.1 Å². The van der Waals surface area contributed by atoms with Gasteiger partial charge >= 0.3 is 0 Å². The van der Waals surface area contributed by atoms with E-state index in [0.717, 1.165) is 24.9 Å². The number of hydrogen-bond acceptors (Lipinski definition) is 5. The van der Waals surface area contributed by atoms with Crippen LogP contribution in [0.4, 0.5) is 5.69 Å². The number of oxime groups is 1. The Kier molecular flexibility index (Phi) is 4.19. The predicted octanol–water partition coefficient (Wildman–Crippen LogP) is 1.60. The second-order valence-corrected chi connectivity index (χ2v) is 5.30. The smallest absolute Gasteiger partial charge is 0.269 e. The zero-order valence-electron chi connectivity index (χ0n) is 11.1. The van der Waals surface area contributed by atoms with Crippen molar-refractivity contribution in [2.75, 3.05) is 6.54 Å². The molecular formula is C13H18N4O3. The molecule has 0 spiro atoms. The third-order valence-corrected chi connectivity index (χ3v) is 3.62. The molecule has 0 radical (unpaired) electrons. The highest BCUT2D eigenvalue weighted by atomic mass is 16.6. The number of amidine groups is 1. The Morgan fingerprint density at radius 3 is 2.60 bits per heavy atom. The molecule has 108 valence electrons. The second-order valence-electron chi connectivity index (χ2n) is 5.30. The summed E-state index contributed by atoms with van der Waals surface area (Å²) in [6.07, 6.45) is 2.73. The van der Waals surface area contributed by atoms with Gasteiger partial charge in [-0.15, -0.1) is 0 Å². The van der Waals surface area contributed by atoms with Crippen LogP contribution in [0.1, 0.15) is 24.8 Å². The van der Waals surface area contributed by atoms with Crippen molar-refractivity contribution >= 4 is 11.5 Å². The van der Waals surface area contributed by atoms with Gasteiger partial charge in [0.15, 0.2) is 0 Å². The standard InChI is InChI=1S/C13H18N4O3/c14-12(16-18)7-13(5-6-13)9-15-8-10-1-3-11(4-2-10)17(19)20/h1-4,15,18H,5-9H2,(H2,14,16). The van der Waals surface area contributed by atoms with E-state index in [-0.39, 0.29) is 16.9 Å². The van der Waals surface area contributed by atoms with E-state index in [4.69, 9.17) is 10.9 Å². The summed E-state index contributed by atoms with van der Waals surface area (Å²) in [6.45, 7) is 1.44. The molecule has 1 aliphatic rings. The number of hydrogen-bond donors (Lipinski definition) is 3. The maximum Gasteiger partial charge on any atom is 0.269 e. The lowest BCUT2D eigenvalue weighted by atomic mass is 10.0. The minimum atomic E-state index is -0.409. The summed E-state index contributed by atoms with van der Waals surface area (Å²) >= 11 is 0. The van der Waals surface area contributed by atoms with Crippen molar-refractivity contribution in [2.24, 2.45) is 16.3 Å². The predicted molar refractivity (Wildman–Crippen MR) is 74.5 cm³/mol. The Balaban J connectivity index is 1.80. The van der Waals surface area contributed by atoms with Gasteiger partial charge in [0.05, 0.1) is 4.92 Å². The molecule has 1 aromatic carbocycles. The molecule has 1 aliphatic carbocycles. The van der Waals surface area contributed by atoms with Gasteiger partial charge in [-0.1, -0.05) is 17.3 Å². The summed E-state index contributed by atoms with van der Waals surface area (Å²) in [5.41, 5.74) is 6.74. The molecule has 1 saturated carbocycles. The van der Waals surface area contributed by atoms with Gasteiger partial charge in [0.1, 0.15) is 5.84 Å². The van der Waals surface area contributed by atoms with E-state index in [0.29, 0.717) is 13.0 Å². The van der Waals surface area contributed by atoms with Gasteiger partial charge in [-0.25, -0.2) is 0 Å². The number of nitrogens with two attached hydrogens (primary N) is 1. The van der Waals surface area contributed by atoms with Crippen molar-refractivity contribution < 1.29 is 10.1 Å². The van der Waals surface area contributed by atoms with Gasteiger partial charge in [0.25, 0.3) is 5.69 Å². The number of benzene rings is 1. The molecule has 0 heterocycles. The van der Waals surface area contributed by atoms with Gasteiger partial charge in [0.2, 0.25) is 0 Å². The van der Waals surface area contributed by atoms with Crippen molar-refractivity contribution in [2.45, 2.75) is 25.8 Å². The fourth-order valence-electron chi connectivity index (χ4n) is 2.22. The van der Waals surface area contributed by atoms with Crippen LogP contribution in [0.2, 0.25) is 0 Å². The van der Waals surface area contributed by atoms with Gasteiger partial charge in [-0.2, -0.15) is 0 Å². The minimum absolute atomic E-state index is 0.0966. The van der Waals surface area contributed by atoms with E-state index >= 15 is 0 Å². The lowest BCUT2D eigenvalue weighted by molar-refractivity contribution is -0.384. The van der Waals surface area contributed by atoms with Crippen LogP contribution in [0, 0.1) is 15.5 Å². The van der Waals surface area contributed by atoms with Gasteiger partial charge in [-0.3, -0.25) is 10.1 Å². The van der Waals surface area contributed by atoms with Crippen molar-refractivity contribution in [3.8, 4) is 0 Å². The summed E-state index contributed by atoms with van der Waals surface area (Å²) in [5.74, 6) is 0.264. The molecular weight excluding hydrogens is 260 g/mol. The topological polar surface area (TPSA) is 114 Å². The van der Waals surface area contributed by atoms with Crippen molar-refractivity contribution in [1.82, 2.24) is 5.32 Å². The highest BCUT2D eigenvalue weighted by Crippen LogP contribution is 2.48. The number of non-ortho nitro benzene ring substituents is 1. The summed E-state index contributed by atoms with van der Waals surface area (Å²) < 4.78 is 0. The van der Waals surface area contributed by atoms with Crippen LogP contribution < -0.4 is 11.1 Å². The number of rotatable bonds is 7. The molecule has 0 unspecified atom stereocenters. The fourth-order valence-corrected chi connectivity index (χ4v) is 2.22. The Bertz CT molecular complexity index is 509. The zero-order chi connectivity index (χ0) is 14.6. The highest BCUT2D eigenvalue weighted by molar-refractivity contribution is 5.80. The maximum absolute atomic E-state index is 10.5. The van der Waals surface area contributed by atoms with Gasteiger partial charge in [-0.05, 0) is 23.8 Å². The zero-order valence-corrected chi connectivity index (χ0v) is 11.1. The first kappa shape index (κ1) is 14.3. The molecule has 0 aliphatic heterocycles. The molecule has 7 nitrogen and oxygen atoms in total. The first-order valence-electron chi connectivity index (χ1n) is 6.45. The molecule has 0 aromatic heterocycles. The first-order chi connectivity index (χ1) is 9.54. The normalized spacial score (nSPS) is 16.9. The van der Waals surface area contributed by atoms with Crippen molar-refractivity contribution in [3.63, 3.8) is 0 Å². The molecule has 2 rings (SSSR count). The maximum atomic E-state index is 10.5. The quantitative estimate of drug-likeness (QED) is 0.230. The molecule has 1 aromatic rings. The van der Waals surface area contributed by atoms with Crippen LogP contribution in [0.5, 0.6) is 0 Å². The van der Waals surface area contributed by atoms with E-state index in [1.807, 2.05) is 0 Å². The second kappa shape index (κ2) is 5.87. The van der Waals surface area contributed by atoms with E-state index in [1.165, 1.54) is 12.1 Å².